The number of nitrogens with zero attached hydrogens (tertiary/aromatic N) is 3. The van der Waals surface area contributed by atoms with Gasteiger partial charge in [0.05, 0.1) is 11.4 Å². The number of aliphatic carboxylic acids is 1. The fourth-order valence-electron chi connectivity index (χ4n) is 3.62. The van der Waals surface area contributed by atoms with E-state index in [0.29, 0.717) is 24.5 Å². The largest absolute Gasteiger partial charge is 0.478 e. The highest BCUT2D eigenvalue weighted by Gasteiger charge is 2.29. The third-order valence-electron chi connectivity index (χ3n) is 5.68. The molecular weight excluding hydrogens is 470 g/mol. The van der Waals surface area contributed by atoms with Crippen molar-refractivity contribution in [2.75, 3.05) is 6.26 Å². The first-order chi connectivity index (χ1) is 16.4. The lowest BCUT2D eigenvalue weighted by Crippen LogP contribution is -2.37. The van der Waals surface area contributed by atoms with Crippen LogP contribution in [0.1, 0.15) is 44.1 Å². The van der Waals surface area contributed by atoms with Crippen LogP contribution in [-0.4, -0.2) is 45.7 Å². The summed E-state index contributed by atoms with van der Waals surface area (Å²) in [6.45, 7) is 5.67. The van der Waals surface area contributed by atoms with Crippen molar-refractivity contribution in [3.8, 4) is 5.75 Å². The molecule has 10 heteroatoms. The molecule has 3 aromatic rings. The fourth-order valence-corrected chi connectivity index (χ4v) is 4.25. The molecule has 0 spiro atoms. The van der Waals surface area contributed by atoms with E-state index in [1.54, 1.807) is 28.8 Å². The van der Waals surface area contributed by atoms with E-state index < -0.39 is 21.4 Å². The second-order valence-corrected chi connectivity index (χ2v) is 10.9. The number of aromatic nitrogens is 3. The van der Waals surface area contributed by atoms with Gasteiger partial charge >= 0.3 is 11.7 Å². The van der Waals surface area contributed by atoms with E-state index >= 15 is 0 Å². The summed E-state index contributed by atoms with van der Waals surface area (Å²) in [4.78, 5) is 24.2. The molecule has 0 radical (unpaired) electrons. The molecule has 0 bridgehead atoms. The van der Waals surface area contributed by atoms with Crippen LogP contribution < -0.4 is 10.4 Å². The van der Waals surface area contributed by atoms with Gasteiger partial charge < -0.3 is 9.84 Å². The van der Waals surface area contributed by atoms with E-state index in [-0.39, 0.29) is 17.1 Å². The van der Waals surface area contributed by atoms with Gasteiger partial charge in [-0.15, -0.1) is 0 Å². The van der Waals surface area contributed by atoms with Crippen molar-refractivity contribution in [3.05, 3.63) is 76.0 Å². The van der Waals surface area contributed by atoms with Crippen LogP contribution in [0.25, 0.3) is 0 Å². The second-order valence-electron chi connectivity index (χ2n) is 8.93. The number of ether oxygens (including phenoxy) is 1. The van der Waals surface area contributed by atoms with E-state index in [1.807, 2.05) is 19.1 Å². The summed E-state index contributed by atoms with van der Waals surface area (Å²) in [5.74, 6) is 0.159. The Balaban J connectivity index is 1.63. The molecule has 0 fully saturated rings. The molecule has 35 heavy (non-hydrogen) atoms. The number of benzene rings is 2. The van der Waals surface area contributed by atoms with Gasteiger partial charge in [0.1, 0.15) is 11.6 Å². The smallest absolute Gasteiger partial charge is 0.347 e. The first-order valence-electron chi connectivity index (χ1n) is 11.4. The van der Waals surface area contributed by atoms with Crippen LogP contribution >= 0.6 is 0 Å². The quantitative estimate of drug-likeness (QED) is 0.429. The molecule has 0 aliphatic heterocycles. The molecule has 0 aliphatic rings. The van der Waals surface area contributed by atoms with E-state index in [4.69, 9.17) is 4.74 Å². The summed E-state index contributed by atoms with van der Waals surface area (Å²) in [5.41, 5.74) is 0.360. The average Bonchev–Trinajstić information content (AvgIpc) is 3.08. The molecule has 1 N–H and O–H groups in total. The SMILES string of the molecule is CCn1c(CCCc2ccc(OC(C)(C)C(=O)O)cc2)nn(Cc2ccc(S(C)(=O)=O)cc2)c1=O. The highest BCUT2D eigenvalue weighted by atomic mass is 32.2. The van der Waals surface area contributed by atoms with Crippen LogP contribution in [0.5, 0.6) is 5.75 Å². The van der Waals surface area contributed by atoms with Gasteiger partial charge in [0, 0.05) is 19.2 Å². The lowest BCUT2D eigenvalue weighted by Gasteiger charge is -2.21. The lowest BCUT2D eigenvalue weighted by atomic mass is 10.1. The van der Waals surface area contributed by atoms with Gasteiger partial charge in [0.2, 0.25) is 0 Å². The van der Waals surface area contributed by atoms with Crippen LogP contribution in [-0.2, 0) is 40.6 Å². The molecule has 0 atom stereocenters. The summed E-state index contributed by atoms with van der Waals surface area (Å²) < 4.78 is 31.9. The van der Waals surface area contributed by atoms with Gasteiger partial charge in [0.25, 0.3) is 0 Å². The van der Waals surface area contributed by atoms with Crippen LogP contribution in [0.3, 0.4) is 0 Å². The maximum Gasteiger partial charge on any atom is 0.347 e. The van der Waals surface area contributed by atoms with Gasteiger partial charge in [-0.1, -0.05) is 24.3 Å². The molecule has 2 aromatic carbocycles. The monoisotopic (exact) mass is 501 g/mol. The Labute approximate surface area is 204 Å². The number of rotatable bonds is 11. The van der Waals surface area contributed by atoms with Crippen molar-refractivity contribution in [1.82, 2.24) is 14.3 Å². The van der Waals surface area contributed by atoms with E-state index in [0.717, 1.165) is 30.2 Å². The Morgan fingerprint density at radius 3 is 2.17 bits per heavy atom. The minimum Gasteiger partial charge on any atom is -0.478 e. The van der Waals surface area contributed by atoms with E-state index in [2.05, 4.69) is 5.10 Å². The predicted octanol–water partition coefficient (Wildman–Crippen LogP) is 2.93. The number of sulfone groups is 1. The van der Waals surface area contributed by atoms with Crippen LogP contribution in [0.4, 0.5) is 0 Å². The first-order valence-corrected chi connectivity index (χ1v) is 13.3. The Bertz CT molecular complexity index is 1340. The Kier molecular flexibility index (Phi) is 7.84. The first kappa shape index (κ1) is 26.2. The molecule has 1 aromatic heterocycles. The maximum absolute atomic E-state index is 12.8. The summed E-state index contributed by atoms with van der Waals surface area (Å²) >= 11 is 0. The number of hydrogen-bond donors (Lipinski definition) is 1. The Morgan fingerprint density at radius 1 is 1.03 bits per heavy atom. The zero-order valence-corrected chi connectivity index (χ0v) is 21.2. The van der Waals surface area contributed by atoms with Crippen molar-refractivity contribution in [2.45, 2.75) is 63.6 Å². The molecule has 3 rings (SSSR count). The van der Waals surface area contributed by atoms with Gasteiger partial charge in [-0.05, 0) is 69.0 Å². The minimum absolute atomic E-state index is 0.197. The second kappa shape index (κ2) is 10.5. The van der Waals surface area contributed by atoms with Crippen LogP contribution in [0.2, 0.25) is 0 Å². The van der Waals surface area contributed by atoms with Crippen LogP contribution in [0.15, 0.2) is 58.2 Å². The van der Waals surface area contributed by atoms with E-state index in [1.165, 1.54) is 30.7 Å². The molecule has 0 amide bonds. The third kappa shape index (κ3) is 6.60. The van der Waals surface area contributed by atoms with Crippen molar-refractivity contribution in [2.24, 2.45) is 0 Å². The lowest BCUT2D eigenvalue weighted by molar-refractivity contribution is -0.152. The fraction of sp³-hybridized carbons (Fsp3) is 0.400. The highest BCUT2D eigenvalue weighted by molar-refractivity contribution is 7.90. The highest BCUT2D eigenvalue weighted by Crippen LogP contribution is 2.20. The van der Waals surface area contributed by atoms with Gasteiger partial charge in [-0.3, -0.25) is 4.57 Å². The summed E-state index contributed by atoms with van der Waals surface area (Å²) in [5, 5.41) is 13.7. The van der Waals surface area contributed by atoms with E-state index in [9.17, 15) is 23.1 Å². The average molecular weight is 502 g/mol. The summed E-state index contributed by atoms with van der Waals surface area (Å²) in [6, 6.07) is 13.8. The van der Waals surface area contributed by atoms with Crippen molar-refractivity contribution in [3.63, 3.8) is 0 Å². The van der Waals surface area contributed by atoms with Crippen molar-refractivity contribution >= 4 is 15.8 Å². The maximum atomic E-state index is 12.8. The Hall–Kier alpha value is -3.40. The molecule has 1 heterocycles. The number of hydrogen-bond acceptors (Lipinski definition) is 6. The number of carboxylic acids is 1. The molecule has 0 saturated carbocycles. The zero-order valence-electron chi connectivity index (χ0n) is 20.4. The molecule has 0 aliphatic carbocycles. The van der Waals surface area contributed by atoms with Gasteiger partial charge in [-0.2, -0.15) is 5.10 Å². The van der Waals surface area contributed by atoms with Crippen LogP contribution in [0, 0.1) is 0 Å². The number of aryl methyl sites for hydroxylation is 2. The molecule has 188 valence electrons. The minimum atomic E-state index is -3.27. The molecule has 0 unspecified atom stereocenters. The topological polar surface area (TPSA) is 120 Å². The number of carboxylic acid groups (broad SMARTS) is 1. The standard InChI is InChI=1S/C25H31N3O6S/c1-5-27-22(8-6-7-18-9-13-20(14-10-18)34-25(2,3)23(29)30)26-28(24(27)31)17-19-11-15-21(16-12-19)35(4,32)33/h9-16H,5-8,17H2,1-4H3,(H,29,30). The van der Waals surface area contributed by atoms with Gasteiger partial charge in [-0.25, -0.2) is 22.7 Å². The van der Waals surface area contributed by atoms with Gasteiger partial charge in [0.15, 0.2) is 15.4 Å². The summed E-state index contributed by atoms with van der Waals surface area (Å²) in [7, 11) is -3.27. The van der Waals surface area contributed by atoms with Crippen molar-refractivity contribution < 1.29 is 23.1 Å². The zero-order chi connectivity index (χ0) is 25.8. The predicted molar refractivity (Wildman–Crippen MR) is 132 cm³/mol. The number of carbonyl (C=O) groups is 1. The molecule has 9 nitrogen and oxygen atoms in total. The van der Waals surface area contributed by atoms with Crippen molar-refractivity contribution in [1.29, 1.82) is 0 Å². The molecular formula is C25H31N3O6S. The summed E-state index contributed by atoms with van der Waals surface area (Å²) in [6.07, 6.45) is 3.32. The normalized spacial score (nSPS) is 12.0. The molecule has 0 saturated heterocycles. The Morgan fingerprint density at radius 2 is 1.63 bits per heavy atom. The third-order valence-corrected chi connectivity index (χ3v) is 6.81.